The molecule has 2 fully saturated rings. The van der Waals surface area contributed by atoms with E-state index in [2.05, 4.69) is 27.6 Å². The highest BCUT2D eigenvalue weighted by Gasteiger charge is 2.35. The van der Waals surface area contributed by atoms with Crippen LogP contribution in [0.5, 0.6) is 0 Å². The molecule has 1 aromatic rings. The molecule has 0 spiro atoms. The fourth-order valence-electron chi connectivity index (χ4n) is 3.03. The molecule has 0 aromatic carbocycles. The molecule has 1 aromatic heterocycles. The topological polar surface area (TPSA) is 55.0 Å². The summed E-state index contributed by atoms with van der Waals surface area (Å²) in [6.07, 6.45) is 7.13. The molecule has 0 radical (unpaired) electrons. The summed E-state index contributed by atoms with van der Waals surface area (Å²) in [7, 11) is 1.70. The molecule has 1 heterocycles. The summed E-state index contributed by atoms with van der Waals surface area (Å²) in [5, 5.41) is 0. The molecule has 3 rings (SSSR count). The molecular weight excluding hydrogens is 355 g/mol. The molecule has 2 aliphatic rings. The highest BCUT2D eigenvalue weighted by Crippen LogP contribution is 2.42. The molecule has 4 nitrogen and oxygen atoms in total. The van der Waals surface area contributed by atoms with Gasteiger partial charge in [0, 0.05) is 13.0 Å². The van der Waals surface area contributed by atoms with Gasteiger partial charge in [0.1, 0.15) is 11.9 Å². The Bertz CT molecular complexity index is 519. The van der Waals surface area contributed by atoms with Gasteiger partial charge in [-0.15, -0.1) is 0 Å². The number of ether oxygens (including phenoxy) is 1. The second-order valence-electron chi connectivity index (χ2n) is 5.63. The zero-order chi connectivity index (χ0) is 13.4. The highest BCUT2D eigenvalue weighted by atomic mass is 127. The fourth-order valence-corrected chi connectivity index (χ4v) is 3.72. The van der Waals surface area contributed by atoms with Gasteiger partial charge in [0.15, 0.2) is 0 Å². The van der Waals surface area contributed by atoms with Gasteiger partial charge in [-0.1, -0.05) is 12.8 Å². The molecule has 0 amide bonds. The minimum absolute atomic E-state index is 0.00444. The number of H-pyrrole nitrogens is 1. The third kappa shape index (κ3) is 2.72. The van der Waals surface area contributed by atoms with Crippen LogP contribution in [0, 0.1) is 9.49 Å². The first-order chi connectivity index (χ1) is 9.20. The Morgan fingerprint density at radius 1 is 1.32 bits per heavy atom. The molecule has 19 heavy (non-hydrogen) atoms. The van der Waals surface area contributed by atoms with Crippen molar-refractivity contribution >= 4 is 22.6 Å². The molecule has 0 aliphatic heterocycles. The van der Waals surface area contributed by atoms with Crippen LogP contribution >= 0.6 is 22.6 Å². The number of nitrogens with one attached hydrogen (secondary N) is 1. The van der Waals surface area contributed by atoms with Gasteiger partial charge in [0.25, 0.3) is 5.56 Å². The largest absolute Gasteiger partial charge is 0.373 e. The fraction of sp³-hybridized carbons (Fsp3) is 0.714. The number of hydrogen-bond acceptors (Lipinski definition) is 3. The summed E-state index contributed by atoms with van der Waals surface area (Å²) >= 11 is 2.13. The lowest BCUT2D eigenvalue weighted by atomic mass is 10.0. The van der Waals surface area contributed by atoms with Crippen LogP contribution in [0.15, 0.2) is 4.79 Å². The Hall–Kier alpha value is -0.430. The quantitative estimate of drug-likeness (QED) is 0.824. The summed E-state index contributed by atoms with van der Waals surface area (Å²) in [5.41, 5.74) is 0.995. The molecule has 1 N–H and O–H groups in total. The summed E-state index contributed by atoms with van der Waals surface area (Å²) in [4.78, 5) is 19.8. The number of aromatic amines is 1. The smallest absolute Gasteiger partial charge is 0.264 e. The second-order valence-corrected chi connectivity index (χ2v) is 6.70. The minimum Gasteiger partial charge on any atom is -0.373 e. The van der Waals surface area contributed by atoms with Crippen molar-refractivity contribution in [2.24, 2.45) is 5.92 Å². The second kappa shape index (κ2) is 5.52. The van der Waals surface area contributed by atoms with E-state index in [9.17, 15) is 4.79 Å². The summed E-state index contributed by atoms with van der Waals surface area (Å²) < 4.78 is 6.30. The summed E-state index contributed by atoms with van der Waals surface area (Å²) in [6, 6.07) is 0. The van der Waals surface area contributed by atoms with Crippen LogP contribution in [0.3, 0.4) is 0 Å². The van der Waals surface area contributed by atoms with Crippen LogP contribution in [0.1, 0.15) is 62.1 Å². The van der Waals surface area contributed by atoms with Crippen LogP contribution in [0.25, 0.3) is 0 Å². The van der Waals surface area contributed by atoms with Crippen LogP contribution in [0.2, 0.25) is 0 Å². The van der Waals surface area contributed by atoms with E-state index in [0.717, 1.165) is 27.9 Å². The van der Waals surface area contributed by atoms with E-state index in [4.69, 9.17) is 9.72 Å². The Labute approximate surface area is 126 Å². The number of nitrogens with zero attached hydrogens (tertiary/aromatic N) is 1. The van der Waals surface area contributed by atoms with E-state index >= 15 is 0 Å². The molecule has 0 bridgehead atoms. The van der Waals surface area contributed by atoms with Crippen molar-refractivity contribution in [3.63, 3.8) is 0 Å². The Kier molecular flexibility index (Phi) is 3.93. The van der Waals surface area contributed by atoms with Gasteiger partial charge >= 0.3 is 0 Å². The van der Waals surface area contributed by atoms with E-state index in [-0.39, 0.29) is 11.7 Å². The zero-order valence-electron chi connectivity index (χ0n) is 11.1. The SMILES string of the molecule is COC(c1nc(C2CCCC2)c(I)c(=O)[nH]1)C1CC1. The minimum atomic E-state index is -0.0372. The maximum atomic E-state index is 12.1. The third-order valence-corrected chi connectivity index (χ3v) is 5.26. The Balaban J connectivity index is 1.98. The molecule has 2 aliphatic carbocycles. The molecular formula is C14H19IN2O2. The Morgan fingerprint density at radius 3 is 2.58 bits per heavy atom. The molecule has 5 heteroatoms. The monoisotopic (exact) mass is 374 g/mol. The van der Waals surface area contributed by atoms with Crippen molar-refractivity contribution in [2.75, 3.05) is 7.11 Å². The Morgan fingerprint density at radius 2 is 2.00 bits per heavy atom. The number of hydrogen-bond donors (Lipinski definition) is 1. The van der Waals surface area contributed by atoms with E-state index in [1.54, 1.807) is 7.11 Å². The summed E-state index contributed by atoms with van der Waals surface area (Å²) in [5.74, 6) is 1.73. The van der Waals surface area contributed by atoms with E-state index in [0.29, 0.717) is 11.8 Å². The first-order valence-corrected chi connectivity index (χ1v) is 8.11. The van der Waals surface area contributed by atoms with E-state index in [1.165, 1.54) is 25.7 Å². The third-order valence-electron chi connectivity index (χ3n) is 4.22. The summed E-state index contributed by atoms with van der Waals surface area (Å²) in [6.45, 7) is 0. The maximum absolute atomic E-state index is 12.1. The van der Waals surface area contributed by atoms with Crippen molar-refractivity contribution in [1.82, 2.24) is 9.97 Å². The van der Waals surface area contributed by atoms with Gasteiger partial charge in [-0.2, -0.15) is 0 Å². The molecule has 1 unspecified atom stereocenters. The number of rotatable bonds is 4. The van der Waals surface area contributed by atoms with Crippen LogP contribution in [-0.4, -0.2) is 17.1 Å². The lowest BCUT2D eigenvalue weighted by Crippen LogP contribution is -2.22. The first kappa shape index (κ1) is 13.5. The van der Waals surface area contributed by atoms with Gasteiger partial charge in [-0.05, 0) is 54.2 Å². The normalized spacial score (nSPS) is 21.8. The highest BCUT2D eigenvalue weighted by molar-refractivity contribution is 14.1. The van der Waals surface area contributed by atoms with E-state index < -0.39 is 0 Å². The average molecular weight is 374 g/mol. The van der Waals surface area contributed by atoms with Crippen molar-refractivity contribution in [1.29, 1.82) is 0 Å². The van der Waals surface area contributed by atoms with E-state index in [1.807, 2.05) is 0 Å². The number of aromatic nitrogens is 2. The zero-order valence-corrected chi connectivity index (χ0v) is 13.3. The standard InChI is InChI=1S/C14H19IN2O2/c1-19-12(9-6-7-9)13-16-11(8-4-2-3-5-8)10(15)14(18)17-13/h8-9,12H,2-7H2,1H3,(H,16,17,18). The van der Waals surface area contributed by atoms with Crippen LogP contribution in [0.4, 0.5) is 0 Å². The van der Waals surface area contributed by atoms with Gasteiger partial charge in [-0.3, -0.25) is 4.79 Å². The van der Waals surface area contributed by atoms with Crippen molar-refractivity contribution < 1.29 is 4.74 Å². The first-order valence-electron chi connectivity index (χ1n) is 7.03. The van der Waals surface area contributed by atoms with Gasteiger partial charge in [-0.25, -0.2) is 4.98 Å². The molecule has 2 saturated carbocycles. The lowest BCUT2D eigenvalue weighted by molar-refractivity contribution is 0.0766. The lowest BCUT2D eigenvalue weighted by Gasteiger charge is -2.17. The van der Waals surface area contributed by atoms with Crippen molar-refractivity contribution in [2.45, 2.75) is 50.5 Å². The van der Waals surface area contributed by atoms with Gasteiger partial charge in [0.05, 0.1) is 9.26 Å². The molecule has 1 atom stereocenters. The molecule has 0 saturated heterocycles. The van der Waals surface area contributed by atoms with Crippen molar-refractivity contribution in [3.8, 4) is 0 Å². The number of halogens is 1. The predicted octanol–water partition coefficient (Wildman–Crippen LogP) is 3.13. The molecule has 104 valence electrons. The van der Waals surface area contributed by atoms with Gasteiger partial charge < -0.3 is 9.72 Å². The van der Waals surface area contributed by atoms with Gasteiger partial charge in [0.2, 0.25) is 0 Å². The predicted molar refractivity (Wildman–Crippen MR) is 81.3 cm³/mol. The number of methoxy groups -OCH3 is 1. The van der Waals surface area contributed by atoms with Crippen LogP contribution in [-0.2, 0) is 4.74 Å². The van der Waals surface area contributed by atoms with Crippen LogP contribution < -0.4 is 5.56 Å². The van der Waals surface area contributed by atoms with Crippen molar-refractivity contribution in [3.05, 3.63) is 25.4 Å². The maximum Gasteiger partial charge on any atom is 0.264 e. The average Bonchev–Trinajstić information content (AvgIpc) is 3.08.